The molecule has 0 aromatic rings. The third kappa shape index (κ3) is 2.17. The highest BCUT2D eigenvalue weighted by Crippen LogP contribution is 1.80. The summed E-state index contributed by atoms with van der Waals surface area (Å²) in [5.74, 6) is -0.539. The van der Waals surface area contributed by atoms with Crippen molar-refractivity contribution >= 4 is 5.91 Å². The van der Waals surface area contributed by atoms with Gasteiger partial charge in [-0.15, -0.1) is 0 Å². The highest BCUT2D eigenvalue weighted by atomic mass is 16.5. The largest absolute Gasteiger partial charge is 0.372 e. The molecule has 7 heavy (non-hydrogen) atoms. The molecule has 0 heterocycles. The highest BCUT2D eigenvalue weighted by Gasteiger charge is 2.03. The van der Waals surface area contributed by atoms with Gasteiger partial charge in [-0.25, -0.2) is 0 Å². The van der Waals surface area contributed by atoms with E-state index in [2.05, 4.69) is 11.7 Å². The van der Waals surface area contributed by atoms with Gasteiger partial charge in [-0.1, -0.05) is 0 Å². The van der Waals surface area contributed by atoms with Crippen molar-refractivity contribution in [2.75, 3.05) is 7.11 Å². The first-order valence-corrected chi connectivity index (χ1v) is 1.83. The summed E-state index contributed by atoms with van der Waals surface area (Å²) in [6.45, 7) is 3.26. The zero-order valence-electron chi connectivity index (χ0n) is 4.18. The predicted molar refractivity (Wildman–Crippen MR) is 25.3 cm³/mol. The molecule has 1 atom stereocenters. The Labute approximate surface area is 42.4 Å². The van der Waals surface area contributed by atoms with Crippen LogP contribution >= 0.6 is 0 Å². The quantitative estimate of drug-likeness (QED) is 0.502. The normalized spacial score (nSPS) is 13.4. The maximum atomic E-state index is 9.97. The summed E-state index contributed by atoms with van der Waals surface area (Å²) in [6, 6.07) is 0. The fourth-order valence-electron chi connectivity index (χ4n) is 0.116. The van der Waals surface area contributed by atoms with Crippen LogP contribution in [0.4, 0.5) is 0 Å². The Morgan fingerprint density at radius 3 is 2.43 bits per heavy atom. The SMILES string of the molecule is [CH2]C(OC)C(N)=O. The van der Waals surface area contributed by atoms with Crippen molar-refractivity contribution in [3.63, 3.8) is 0 Å². The number of hydrogen-bond donors (Lipinski definition) is 1. The first-order valence-electron chi connectivity index (χ1n) is 1.83. The average Bonchev–Trinajstić information content (AvgIpc) is 1.65. The molecule has 41 valence electrons. The Morgan fingerprint density at radius 2 is 2.43 bits per heavy atom. The minimum atomic E-state index is -0.708. The molecule has 0 fully saturated rings. The molecule has 3 heteroatoms. The maximum Gasteiger partial charge on any atom is 0.246 e. The second-order valence-corrected chi connectivity index (χ2v) is 1.13. The molecule has 0 rings (SSSR count). The first kappa shape index (κ1) is 6.43. The van der Waals surface area contributed by atoms with Gasteiger partial charge in [-0.3, -0.25) is 4.79 Å². The number of hydrogen-bond acceptors (Lipinski definition) is 2. The van der Waals surface area contributed by atoms with Gasteiger partial charge >= 0.3 is 0 Å². The Hall–Kier alpha value is -0.570. The third-order valence-corrected chi connectivity index (χ3v) is 0.602. The van der Waals surface area contributed by atoms with Gasteiger partial charge in [0.2, 0.25) is 5.91 Å². The topological polar surface area (TPSA) is 52.3 Å². The number of carbonyl (C=O) groups excluding carboxylic acids is 1. The molecule has 0 saturated carbocycles. The lowest BCUT2D eigenvalue weighted by molar-refractivity contribution is -0.125. The monoisotopic (exact) mass is 102 g/mol. The van der Waals surface area contributed by atoms with E-state index in [4.69, 9.17) is 5.73 Å². The Bertz CT molecular complexity index is 72.1. The smallest absolute Gasteiger partial charge is 0.246 e. The van der Waals surface area contributed by atoms with Crippen LogP contribution in [-0.4, -0.2) is 19.1 Å². The predicted octanol–water partition coefficient (Wildman–Crippen LogP) is -0.679. The fourth-order valence-corrected chi connectivity index (χ4v) is 0.116. The van der Waals surface area contributed by atoms with Crippen LogP contribution in [0.3, 0.4) is 0 Å². The number of nitrogens with two attached hydrogens (primary N) is 1. The molecule has 0 spiro atoms. The van der Waals surface area contributed by atoms with Crippen LogP contribution in [0.1, 0.15) is 0 Å². The molecule has 1 unspecified atom stereocenters. The van der Waals surface area contributed by atoms with E-state index in [9.17, 15) is 4.79 Å². The summed E-state index contributed by atoms with van der Waals surface area (Å²) in [5.41, 5.74) is 4.72. The van der Waals surface area contributed by atoms with Gasteiger partial charge in [0, 0.05) is 7.11 Å². The fraction of sp³-hybridized carbons (Fsp3) is 0.500. The molecule has 0 aromatic heterocycles. The van der Waals surface area contributed by atoms with E-state index in [1.54, 1.807) is 0 Å². The van der Waals surface area contributed by atoms with E-state index in [1.165, 1.54) is 7.11 Å². The molecular formula is C4H8NO2. The van der Waals surface area contributed by atoms with Gasteiger partial charge in [0.05, 0.1) is 0 Å². The standard InChI is InChI=1S/C4H8NO2/c1-3(7-2)4(5)6/h3H,1H2,2H3,(H2,5,6). The van der Waals surface area contributed by atoms with E-state index < -0.39 is 12.0 Å². The van der Waals surface area contributed by atoms with Crippen molar-refractivity contribution in [3.05, 3.63) is 6.92 Å². The summed E-state index contributed by atoms with van der Waals surface area (Å²) in [5, 5.41) is 0. The second-order valence-electron chi connectivity index (χ2n) is 1.13. The first-order chi connectivity index (χ1) is 3.18. The number of carbonyl (C=O) groups is 1. The van der Waals surface area contributed by atoms with Crippen LogP contribution in [0, 0.1) is 6.92 Å². The Kier molecular flexibility index (Phi) is 2.37. The van der Waals surface area contributed by atoms with E-state index in [0.717, 1.165) is 0 Å². The Balaban J connectivity index is 3.34. The van der Waals surface area contributed by atoms with Gasteiger partial charge in [0.25, 0.3) is 0 Å². The van der Waals surface area contributed by atoms with E-state index in [0.29, 0.717) is 0 Å². The van der Waals surface area contributed by atoms with Crippen molar-refractivity contribution in [2.45, 2.75) is 6.10 Å². The zero-order valence-corrected chi connectivity index (χ0v) is 4.18. The molecule has 2 N–H and O–H groups in total. The zero-order chi connectivity index (χ0) is 5.86. The lowest BCUT2D eigenvalue weighted by atomic mass is 10.4. The van der Waals surface area contributed by atoms with Crippen LogP contribution in [0.25, 0.3) is 0 Å². The highest BCUT2D eigenvalue weighted by molar-refractivity contribution is 5.79. The molecule has 0 aliphatic carbocycles. The number of methoxy groups -OCH3 is 1. The minimum Gasteiger partial charge on any atom is -0.372 e. The molecule has 0 bridgehead atoms. The summed E-state index contributed by atoms with van der Waals surface area (Å²) in [4.78, 5) is 9.97. The van der Waals surface area contributed by atoms with Crippen LogP contribution in [0.5, 0.6) is 0 Å². The second kappa shape index (κ2) is 2.58. The minimum absolute atomic E-state index is 0.539. The lowest BCUT2D eigenvalue weighted by Crippen LogP contribution is -2.27. The molecule has 0 saturated heterocycles. The molecule has 1 radical (unpaired) electrons. The summed E-state index contributed by atoms with van der Waals surface area (Å²) in [6.07, 6.45) is -0.708. The van der Waals surface area contributed by atoms with Gasteiger partial charge in [0.1, 0.15) is 6.10 Å². The van der Waals surface area contributed by atoms with Crippen molar-refractivity contribution in [3.8, 4) is 0 Å². The van der Waals surface area contributed by atoms with Gasteiger partial charge in [-0.05, 0) is 6.92 Å². The maximum absolute atomic E-state index is 9.97. The van der Waals surface area contributed by atoms with Gasteiger partial charge < -0.3 is 10.5 Å². The van der Waals surface area contributed by atoms with Gasteiger partial charge in [-0.2, -0.15) is 0 Å². The number of rotatable bonds is 2. The summed E-state index contributed by atoms with van der Waals surface area (Å²) < 4.78 is 4.43. The van der Waals surface area contributed by atoms with Crippen molar-refractivity contribution < 1.29 is 9.53 Å². The molecule has 0 aromatic carbocycles. The molecule has 0 aliphatic rings. The van der Waals surface area contributed by atoms with E-state index in [-0.39, 0.29) is 0 Å². The van der Waals surface area contributed by atoms with Crippen LogP contribution < -0.4 is 5.73 Å². The van der Waals surface area contributed by atoms with Crippen molar-refractivity contribution in [2.24, 2.45) is 5.73 Å². The molecule has 3 nitrogen and oxygen atoms in total. The number of ether oxygens (including phenoxy) is 1. The average molecular weight is 102 g/mol. The number of amides is 1. The lowest BCUT2D eigenvalue weighted by Gasteiger charge is -2.00. The molecule has 0 aliphatic heterocycles. The summed E-state index contributed by atoms with van der Waals surface area (Å²) in [7, 11) is 1.38. The van der Waals surface area contributed by atoms with Crippen LogP contribution in [-0.2, 0) is 9.53 Å². The van der Waals surface area contributed by atoms with Crippen molar-refractivity contribution in [1.29, 1.82) is 0 Å². The van der Waals surface area contributed by atoms with Gasteiger partial charge in [0.15, 0.2) is 0 Å². The van der Waals surface area contributed by atoms with E-state index in [1.807, 2.05) is 0 Å². The van der Waals surface area contributed by atoms with E-state index >= 15 is 0 Å². The van der Waals surface area contributed by atoms with Crippen molar-refractivity contribution in [1.82, 2.24) is 0 Å². The Morgan fingerprint density at radius 1 is 2.00 bits per heavy atom. The van der Waals surface area contributed by atoms with Crippen LogP contribution in [0.2, 0.25) is 0 Å². The molecular weight excluding hydrogens is 94.0 g/mol. The summed E-state index contributed by atoms with van der Waals surface area (Å²) >= 11 is 0. The number of primary amides is 1. The molecule has 1 amide bonds. The van der Waals surface area contributed by atoms with Crippen LogP contribution in [0.15, 0.2) is 0 Å². The third-order valence-electron chi connectivity index (χ3n) is 0.602.